The lowest BCUT2D eigenvalue weighted by Gasteiger charge is -1.92. The quantitative estimate of drug-likeness (QED) is 0.481. The third-order valence-corrected chi connectivity index (χ3v) is 1.83. The topological polar surface area (TPSA) is 0 Å². The van der Waals surface area contributed by atoms with Crippen molar-refractivity contribution in [3.8, 4) is 19.7 Å². The minimum absolute atomic E-state index is 0.996. The number of rotatable bonds is 0. The molecule has 1 aromatic rings. The van der Waals surface area contributed by atoms with E-state index in [1.54, 1.807) is 0 Å². The van der Waals surface area contributed by atoms with Crippen molar-refractivity contribution >= 4 is 45.2 Å². The predicted molar refractivity (Wildman–Crippen MR) is 68.2 cm³/mol. The van der Waals surface area contributed by atoms with Crippen molar-refractivity contribution < 1.29 is 0 Å². The maximum absolute atomic E-state index is 2.99. The highest BCUT2D eigenvalue weighted by atomic mass is 127. The first-order valence-electron chi connectivity index (χ1n) is 3.21. The molecule has 0 fully saturated rings. The maximum Gasteiger partial charge on any atom is 0.0410 e. The van der Waals surface area contributed by atoms with Crippen molar-refractivity contribution in [3.05, 3.63) is 35.4 Å². The molecule has 0 N–H and O–H groups in total. The van der Waals surface area contributed by atoms with Crippen molar-refractivity contribution in [2.45, 2.75) is 0 Å². The Bertz CT molecular complexity index is 347. The number of hydrogen-bond donors (Lipinski definition) is 0. The van der Waals surface area contributed by atoms with Gasteiger partial charge in [-0.25, -0.2) is 0 Å². The molecular formula is C10H4I2. The van der Waals surface area contributed by atoms with Crippen LogP contribution in [0.15, 0.2) is 24.3 Å². The van der Waals surface area contributed by atoms with Crippen LogP contribution in [-0.4, -0.2) is 0 Å². The van der Waals surface area contributed by atoms with E-state index in [-0.39, 0.29) is 0 Å². The lowest BCUT2D eigenvalue weighted by Crippen LogP contribution is -1.80. The Morgan fingerprint density at radius 1 is 0.833 bits per heavy atom. The maximum atomic E-state index is 2.99. The lowest BCUT2D eigenvalue weighted by molar-refractivity contribution is 1.59. The molecule has 0 saturated heterocycles. The molecule has 0 amide bonds. The summed E-state index contributed by atoms with van der Waals surface area (Å²) in [5, 5.41) is 0. The molecule has 58 valence electrons. The van der Waals surface area contributed by atoms with E-state index in [1.807, 2.05) is 69.4 Å². The Kier molecular flexibility index (Phi) is 4.49. The summed E-state index contributed by atoms with van der Waals surface area (Å²) in [6, 6.07) is 7.88. The van der Waals surface area contributed by atoms with Gasteiger partial charge in [-0.2, -0.15) is 0 Å². The zero-order valence-corrected chi connectivity index (χ0v) is 10.4. The molecule has 0 nitrogen and oxygen atoms in total. The molecule has 0 spiro atoms. The summed E-state index contributed by atoms with van der Waals surface area (Å²) in [4.78, 5) is 0. The van der Waals surface area contributed by atoms with E-state index in [1.165, 1.54) is 0 Å². The third kappa shape index (κ3) is 2.69. The number of halogens is 2. The van der Waals surface area contributed by atoms with E-state index in [0.29, 0.717) is 0 Å². The van der Waals surface area contributed by atoms with Crippen LogP contribution in [0.1, 0.15) is 11.1 Å². The van der Waals surface area contributed by atoms with Gasteiger partial charge in [-0.15, -0.1) is 0 Å². The highest BCUT2D eigenvalue weighted by Crippen LogP contribution is 2.05. The zero-order chi connectivity index (χ0) is 8.81. The Morgan fingerprint density at radius 3 is 1.58 bits per heavy atom. The average Bonchev–Trinajstić information content (AvgIpc) is 2.09. The summed E-state index contributed by atoms with van der Waals surface area (Å²) in [7, 11) is 0. The van der Waals surface area contributed by atoms with Gasteiger partial charge in [0.1, 0.15) is 0 Å². The molecule has 2 heteroatoms. The van der Waals surface area contributed by atoms with Crippen LogP contribution in [0.4, 0.5) is 0 Å². The van der Waals surface area contributed by atoms with Crippen LogP contribution in [0.5, 0.6) is 0 Å². The monoisotopic (exact) mass is 378 g/mol. The van der Waals surface area contributed by atoms with Crippen molar-refractivity contribution in [3.63, 3.8) is 0 Å². The van der Waals surface area contributed by atoms with Crippen LogP contribution in [0.25, 0.3) is 0 Å². The van der Waals surface area contributed by atoms with Crippen molar-refractivity contribution in [1.82, 2.24) is 0 Å². The number of hydrogen-bond acceptors (Lipinski definition) is 0. The fraction of sp³-hybridized carbons (Fsp3) is 0. The standard InChI is InChI=1S/C10H4I2/c11-7-5-9-3-1-2-4-10(9)6-8-12/h1-4H. The Balaban J connectivity index is 3.20. The number of benzene rings is 1. The minimum Gasteiger partial charge on any atom is -0.0609 e. The molecular weight excluding hydrogens is 374 g/mol. The van der Waals surface area contributed by atoms with E-state index < -0.39 is 0 Å². The molecule has 12 heavy (non-hydrogen) atoms. The molecule has 0 saturated carbocycles. The van der Waals surface area contributed by atoms with E-state index in [4.69, 9.17) is 0 Å². The van der Waals surface area contributed by atoms with Crippen LogP contribution in [0, 0.1) is 19.7 Å². The molecule has 0 aliphatic rings. The van der Waals surface area contributed by atoms with E-state index >= 15 is 0 Å². The molecule has 0 aliphatic carbocycles. The van der Waals surface area contributed by atoms with E-state index in [9.17, 15) is 0 Å². The van der Waals surface area contributed by atoms with E-state index in [0.717, 1.165) is 11.1 Å². The second-order valence-electron chi connectivity index (χ2n) is 1.98. The third-order valence-electron chi connectivity index (χ3n) is 1.29. The van der Waals surface area contributed by atoms with Gasteiger partial charge < -0.3 is 0 Å². The summed E-state index contributed by atoms with van der Waals surface area (Å²) in [5.74, 6) is 5.98. The normalized spacial score (nSPS) is 7.50. The summed E-state index contributed by atoms with van der Waals surface area (Å²) < 4.78 is 5.67. The minimum atomic E-state index is 0.996. The molecule has 0 aliphatic heterocycles. The molecule has 0 atom stereocenters. The first kappa shape index (κ1) is 9.88. The largest absolute Gasteiger partial charge is 0.0609 e. The fourth-order valence-corrected chi connectivity index (χ4v) is 1.38. The second kappa shape index (κ2) is 5.45. The Hall–Kier alpha value is -0.200. The summed E-state index contributed by atoms with van der Waals surface area (Å²) in [6.07, 6.45) is 0. The first-order valence-corrected chi connectivity index (χ1v) is 5.36. The molecule has 1 rings (SSSR count). The van der Waals surface area contributed by atoms with Crippen molar-refractivity contribution in [2.75, 3.05) is 0 Å². The molecule has 0 unspecified atom stereocenters. The van der Waals surface area contributed by atoms with Crippen LogP contribution in [0.2, 0.25) is 0 Å². The average molecular weight is 378 g/mol. The van der Waals surface area contributed by atoms with Gasteiger partial charge in [0.15, 0.2) is 0 Å². The van der Waals surface area contributed by atoms with Gasteiger partial charge in [-0.1, -0.05) is 24.0 Å². The Labute approximate surface area is 99.4 Å². The second-order valence-corrected chi connectivity index (χ2v) is 3.06. The predicted octanol–water partition coefficient (Wildman–Crippen LogP) is 3.17. The molecule has 0 heterocycles. The van der Waals surface area contributed by atoms with Gasteiger partial charge in [0.2, 0.25) is 0 Å². The highest BCUT2D eigenvalue weighted by molar-refractivity contribution is 14.1. The van der Waals surface area contributed by atoms with Crippen molar-refractivity contribution in [2.24, 2.45) is 0 Å². The fourth-order valence-electron chi connectivity index (χ4n) is 0.803. The first-order chi connectivity index (χ1) is 5.88. The highest BCUT2D eigenvalue weighted by Gasteiger charge is 1.92. The molecule has 0 bridgehead atoms. The van der Waals surface area contributed by atoms with Gasteiger partial charge >= 0.3 is 0 Å². The van der Waals surface area contributed by atoms with Crippen LogP contribution >= 0.6 is 45.2 Å². The van der Waals surface area contributed by atoms with Gasteiger partial charge in [0.25, 0.3) is 0 Å². The molecule has 1 aromatic carbocycles. The van der Waals surface area contributed by atoms with Crippen molar-refractivity contribution in [1.29, 1.82) is 0 Å². The Morgan fingerprint density at radius 2 is 1.25 bits per heavy atom. The van der Waals surface area contributed by atoms with Crippen LogP contribution in [-0.2, 0) is 0 Å². The zero-order valence-electron chi connectivity index (χ0n) is 6.07. The molecule has 0 aromatic heterocycles. The summed E-state index contributed by atoms with van der Waals surface area (Å²) in [6.45, 7) is 0. The van der Waals surface area contributed by atoms with Gasteiger partial charge in [-0.3, -0.25) is 0 Å². The van der Waals surface area contributed by atoms with Gasteiger partial charge in [-0.05, 0) is 20.0 Å². The molecule has 0 radical (unpaired) electrons. The lowest BCUT2D eigenvalue weighted by atomic mass is 10.1. The smallest absolute Gasteiger partial charge is 0.0410 e. The summed E-state index contributed by atoms with van der Waals surface area (Å²) >= 11 is 4.05. The SMILES string of the molecule is IC#Cc1ccccc1C#CI. The van der Waals surface area contributed by atoms with Gasteiger partial charge in [0.05, 0.1) is 0 Å². The van der Waals surface area contributed by atoms with Gasteiger partial charge in [0, 0.05) is 56.3 Å². The summed E-state index contributed by atoms with van der Waals surface area (Å²) in [5.41, 5.74) is 1.99. The van der Waals surface area contributed by atoms with E-state index in [2.05, 4.69) is 19.7 Å². The van der Waals surface area contributed by atoms with Crippen LogP contribution in [0.3, 0.4) is 0 Å². The van der Waals surface area contributed by atoms with Crippen LogP contribution < -0.4 is 0 Å².